The average Bonchev–Trinajstić information content (AvgIpc) is 2.79. The SMILES string of the molecule is C=C(C)C(=O)OCCOC(O)CCC(=O)OCC1(C)Nc2cccc3c(NC)ccc(c23)N1. The Balaban J connectivity index is 1.45. The Hall–Kier alpha value is -3.30. The number of aliphatic hydroxyl groups is 1. The van der Waals surface area contributed by atoms with Gasteiger partial charge in [-0.2, -0.15) is 0 Å². The van der Waals surface area contributed by atoms with Gasteiger partial charge in [-0.05, 0) is 32.0 Å². The maximum Gasteiger partial charge on any atom is 0.333 e. The molecule has 4 N–H and O–H groups in total. The number of hydrogen-bond acceptors (Lipinski definition) is 9. The van der Waals surface area contributed by atoms with Crippen LogP contribution in [0.25, 0.3) is 10.8 Å². The van der Waals surface area contributed by atoms with E-state index in [1.165, 1.54) is 0 Å². The number of aliphatic hydroxyl groups excluding tert-OH is 1. The van der Waals surface area contributed by atoms with Crippen LogP contribution in [0.15, 0.2) is 42.5 Å². The van der Waals surface area contributed by atoms with Gasteiger partial charge in [-0.1, -0.05) is 18.7 Å². The average molecular weight is 458 g/mol. The minimum atomic E-state index is -1.16. The van der Waals surface area contributed by atoms with Crippen LogP contribution < -0.4 is 16.0 Å². The molecule has 0 saturated carbocycles. The van der Waals surface area contributed by atoms with Crippen LogP contribution in [0.2, 0.25) is 0 Å². The zero-order valence-electron chi connectivity index (χ0n) is 19.2. The summed E-state index contributed by atoms with van der Waals surface area (Å²) in [6, 6.07) is 10.0. The van der Waals surface area contributed by atoms with Crippen LogP contribution >= 0.6 is 0 Å². The molecule has 178 valence electrons. The lowest BCUT2D eigenvalue weighted by atomic mass is 9.99. The zero-order chi connectivity index (χ0) is 24.0. The molecule has 1 aliphatic heterocycles. The molecule has 0 fully saturated rings. The third kappa shape index (κ3) is 6.15. The van der Waals surface area contributed by atoms with Crippen molar-refractivity contribution in [3.63, 3.8) is 0 Å². The monoisotopic (exact) mass is 457 g/mol. The van der Waals surface area contributed by atoms with E-state index in [-0.39, 0.29) is 38.2 Å². The van der Waals surface area contributed by atoms with Crippen molar-refractivity contribution >= 4 is 39.8 Å². The van der Waals surface area contributed by atoms with Crippen molar-refractivity contribution in [1.82, 2.24) is 0 Å². The van der Waals surface area contributed by atoms with E-state index in [2.05, 4.69) is 28.6 Å². The molecule has 0 bridgehead atoms. The summed E-state index contributed by atoms with van der Waals surface area (Å²) in [4.78, 5) is 23.5. The number of nitrogens with one attached hydrogen (secondary N) is 3. The number of rotatable bonds is 11. The highest BCUT2D eigenvalue weighted by Crippen LogP contribution is 2.40. The molecule has 2 aromatic carbocycles. The molecule has 2 atom stereocenters. The van der Waals surface area contributed by atoms with Crippen LogP contribution in [0.1, 0.15) is 26.7 Å². The molecule has 9 nitrogen and oxygen atoms in total. The molecule has 0 spiro atoms. The summed E-state index contributed by atoms with van der Waals surface area (Å²) in [5.41, 5.74) is 2.53. The summed E-state index contributed by atoms with van der Waals surface area (Å²) in [7, 11) is 1.89. The Labute approximate surface area is 193 Å². The maximum atomic E-state index is 12.2. The first kappa shape index (κ1) is 24.3. The van der Waals surface area contributed by atoms with Crippen molar-refractivity contribution in [2.45, 2.75) is 38.6 Å². The fourth-order valence-corrected chi connectivity index (χ4v) is 3.59. The molecule has 33 heavy (non-hydrogen) atoms. The van der Waals surface area contributed by atoms with Crippen molar-refractivity contribution < 1.29 is 28.9 Å². The van der Waals surface area contributed by atoms with Gasteiger partial charge < -0.3 is 35.3 Å². The van der Waals surface area contributed by atoms with Crippen molar-refractivity contribution in [3.05, 3.63) is 42.5 Å². The normalized spacial score (nSPS) is 17.5. The van der Waals surface area contributed by atoms with Gasteiger partial charge in [0.1, 0.15) is 18.9 Å². The van der Waals surface area contributed by atoms with Gasteiger partial charge in [0, 0.05) is 46.9 Å². The summed E-state index contributed by atoms with van der Waals surface area (Å²) >= 11 is 0. The van der Waals surface area contributed by atoms with Gasteiger partial charge in [0.2, 0.25) is 0 Å². The predicted octanol–water partition coefficient (Wildman–Crippen LogP) is 3.21. The summed E-state index contributed by atoms with van der Waals surface area (Å²) in [6.07, 6.45) is -1.10. The van der Waals surface area contributed by atoms with E-state index in [1.807, 2.05) is 38.2 Å². The Bertz CT molecular complexity index is 1030. The number of benzene rings is 2. The summed E-state index contributed by atoms with van der Waals surface area (Å²) < 4.78 is 15.5. The van der Waals surface area contributed by atoms with Crippen LogP contribution in [0.4, 0.5) is 17.1 Å². The van der Waals surface area contributed by atoms with Crippen molar-refractivity contribution in [3.8, 4) is 0 Å². The largest absolute Gasteiger partial charge is 0.461 e. The van der Waals surface area contributed by atoms with Crippen LogP contribution in [-0.2, 0) is 23.8 Å². The van der Waals surface area contributed by atoms with Crippen molar-refractivity contribution in [1.29, 1.82) is 0 Å². The molecular formula is C24H31N3O6. The maximum absolute atomic E-state index is 12.2. The smallest absolute Gasteiger partial charge is 0.333 e. The lowest BCUT2D eigenvalue weighted by Gasteiger charge is -2.38. The van der Waals surface area contributed by atoms with Gasteiger partial charge in [-0.3, -0.25) is 4.79 Å². The number of carbonyl (C=O) groups excluding carboxylic acids is 2. The van der Waals surface area contributed by atoms with E-state index in [9.17, 15) is 14.7 Å². The standard InChI is InChI=1S/C24H31N3O6/c1-15(2)23(30)32-13-12-31-20(28)10-11-21(29)33-14-24(3)26-18-7-5-6-16-17(25-4)8-9-19(27-24)22(16)18/h5-9,20,25-28H,1,10-14H2,2-4H3. The number of hydrogen-bond donors (Lipinski definition) is 4. The minimum absolute atomic E-state index is 0.00701. The number of anilines is 3. The second kappa shape index (κ2) is 10.5. The third-order valence-electron chi connectivity index (χ3n) is 5.22. The highest BCUT2D eigenvalue weighted by Gasteiger charge is 2.31. The molecule has 1 aliphatic rings. The molecule has 9 heteroatoms. The van der Waals surface area contributed by atoms with Gasteiger partial charge in [-0.15, -0.1) is 0 Å². The quantitative estimate of drug-likeness (QED) is 0.175. The van der Waals surface area contributed by atoms with Gasteiger partial charge in [-0.25, -0.2) is 4.79 Å². The lowest BCUT2D eigenvalue weighted by Crippen LogP contribution is -2.49. The first-order valence-corrected chi connectivity index (χ1v) is 10.8. The Morgan fingerprint density at radius 1 is 1.15 bits per heavy atom. The van der Waals surface area contributed by atoms with E-state index in [1.54, 1.807) is 6.92 Å². The molecule has 0 amide bonds. The van der Waals surface area contributed by atoms with Crippen molar-refractivity contribution in [2.24, 2.45) is 0 Å². The van der Waals surface area contributed by atoms with Crippen molar-refractivity contribution in [2.75, 3.05) is 42.8 Å². The van der Waals surface area contributed by atoms with Crippen LogP contribution in [0, 0.1) is 0 Å². The van der Waals surface area contributed by atoms with Gasteiger partial charge in [0.05, 0.1) is 13.0 Å². The predicted molar refractivity (Wildman–Crippen MR) is 127 cm³/mol. The molecule has 0 radical (unpaired) electrons. The van der Waals surface area contributed by atoms with E-state index in [0.717, 1.165) is 27.8 Å². The number of esters is 2. The highest BCUT2D eigenvalue weighted by molar-refractivity contribution is 6.10. The highest BCUT2D eigenvalue weighted by atomic mass is 16.6. The Morgan fingerprint density at radius 2 is 1.88 bits per heavy atom. The summed E-state index contributed by atoms with van der Waals surface area (Å²) in [6.45, 7) is 7.03. The molecule has 2 aromatic rings. The summed E-state index contributed by atoms with van der Waals surface area (Å²) in [5.74, 6) is -0.970. The van der Waals surface area contributed by atoms with Crippen LogP contribution in [0.5, 0.6) is 0 Å². The topological polar surface area (TPSA) is 118 Å². The molecular weight excluding hydrogens is 426 g/mol. The minimum Gasteiger partial charge on any atom is -0.461 e. The molecule has 0 aromatic heterocycles. The molecule has 3 rings (SSSR count). The Kier molecular flexibility index (Phi) is 7.78. The van der Waals surface area contributed by atoms with Crippen LogP contribution in [0.3, 0.4) is 0 Å². The van der Waals surface area contributed by atoms with E-state index in [0.29, 0.717) is 0 Å². The first-order chi connectivity index (χ1) is 15.7. The van der Waals surface area contributed by atoms with Gasteiger partial charge >= 0.3 is 11.9 Å². The van der Waals surface area contributed by atoms with Crippen LogP contribution in [-0.4, -0.2) is 55.9 Å². The molecule has 1 heterocycles. The Morgan fingerprint density at radius 3 is 2.58 bits per heavy atom. The van der Waals surface area contributed by atoms with Gasteiger partial charge in [0.15, 0.2) is 6.29 Å². The second-order valence-electron chi connectivity index (χ2n) is 8.16. The lowest BCUT2D eigenvalue weighted by molar-refractivity contribution is -0.153. The fourth-order valence-electron chi connectivity index (χ4n) is 3.59. The number of carbonyl (C=O) groups is 2. The van der Waals surface area contributed by atoms with E-state index in [4.69, 9.17) is 14.2 Å². The molecule has 2 unspecified atom stereocenters. The summed E-state index contributed by atoms with van der Waals surface area (Å²) in [5, 5.41) is 22.1. The van der Waals surface area contributed by atoms with Gasteiger partial charge in [0.25, 0.3) is 0 Å². The second-order valence-corrected chi connectivity index (χ2v) is 8.16. The first-order valence-electron chi connectivity index (χ1n) is 10.8. The van der Waals surface area contributed by atoms with E-state index < -0.39 is 23.9 Å². The molecule has 0 saturated heterocycles. The van der Waals surface area contributed by atoms with E-state index >= 15 is 0 Å². The molecule has 0 aliphatic carbocycles. The third-order valence-corrected chi connectivity index (χ3v) is 5.22. The fraction of sp³-hybridized carbons (Fsp3) is 0.417. The zero-order valence-corrected chi connectivity index (χ0v) is 19.2. The number of ether oxygens (including phenoxy) is 3.